The molecule has 1 unspecified atom stereocenters. The van der Waals surface area contributed by atoms with Gasteiger partial charge in [0.25, 0.3) is 5.56 Å². The van der Waals surface area contributed by atoms with Crippen LogP contribution in [0.2, 0.25) is 0 Å². The SMILES string of the molecule is CC(=O)c1ccc(NC(=O)C(C)n2nc(-n3cccn3)ccc2=O)cc1. The molecule has 0 saturated carbocycles. The van der Waals surface area contributed by atoms with Crippen LogP contribution < -0.4 is 10.9 Å². The average Bonchev–Trinajstić information content (AvgIpc) is 3.16. The van der Waals surface area contributed by atoms with Gasteiger partial charge < -0.3 is 5.32 Å². The minimum absolute atomic E-state index is 0.0533. The molecule has 132 valence electrons. The van der Waals surface area contributed by atoms with Crippen LogP contribution in [0, 0.1) is 0 Å². The van der Waals surface area contributed by atoms with Crippen molar-refractivity contribution in [3.8, 4) is 5.82 Å². The number of aromatic nitrogens is 4. The number of hydrogen-bond donors (Lipinski definition) is 1. The van der Waals surface area contributed by atoms with Crippen LogP contribution in [0.25, 0.3) is 5.82 Å². The molecule has 0 radical (unpaired) electrons. The highest BCUT2D eigenvalue weighted by molar-refractivity contribution is 5.96. The van der Waals surface area contributed by atoms with Crippen LogP contribution in [0.4, 0.5) is 5.69 Å². The molecule has 3 aromatic rings. The third kappa shape index (κ3) is 3.59. The van der Waals surface area contributed by atoms with Crippen molar-refractivity contribution in [2.45, 2.75) is 19.9 Å². The van der Waals surface area contributed by atoms with E-state index >= 15 is 0 Å². The lowest BCUT2D eigenvalue weighted by Crippen LogP contribution is -2.33. The Labute approximate surface area is 149 Å². The Hall–Kier alpha value is -3.55. The summed E-state index contributed by atoms with van der Waals surface area (Å²) in [4.78, 5) is 35.9. The van der Waals surface area contributed by atoms with Crippen molar-refractivity contribution in [1.82, 2.24) is 19.6 Å². The summed E-state index contributed by atoms with van der Waals surface area (Å²) >= 11 is 0. The van der Waals surface area contributed by atoms with E-state index in [1.165, 1.54) is 23.7 Å². The Bertz CT molecular complexity index is 990. The topological polar surface area (TPSA) is 98.9 Å². The number of rotatable bonds is 5. The second-order valence-corrected chi connectivity index (χ2v) is 5.72. The van der Waals surface area contributed by atoms with Crippen molar-refractivity contribution in [3.63, 3.8) is 0 Å². The standard InChI is InChI=1S/C18H17N5O3/c1-12(18(26)20-15-6-4-14(5-7-15)13(2)24)23-17(25)9-8-16(21-23)22-11-3-10-19-22/h3-12H,1-2H3,(H,20,26). The van der Waals surface area contributed by atoms with Crippen LogP contribution in [0.3, 0.4) is 0 Å². The number of nitrogens with zero attached hydrogens (tertiary/aromatic N) is 4. The van der Waals surface area contributed by atoms with Crippen LogP contribution in [-0.4, -0.2) is 31.3 Å². The van der Waals surface area contributed by atoms with E-state index < -0.39 is 17.5 Å². The molecular formula is C18H17N5O3. The lowest BCUT2D eigenvalue weighted by molar-refractivity contribution is -0.119. The fourth-order valence-electron chi connectivity index (χ4n) is 2.37. The highest BCUT2D eigenvalue weighted by atomic mass is 16.2. The first-order valence-electron chi connectivity index (χ1n) is 7.97. The van der Waals surface area contributed by atoms with Gasteiger partial charge in [-0.25, -0.2) is 9.36 Å². The Balaban J connectivity index is 1.81. The average molecular weight is 351 g/mol. The number of hydrogen-bond acceptors (Lipinski definition) is 5. The van der Waals surface area contributed by atoms with Crippen LogP contribution in [-0.2, 0) is 4.79 Å². The van der Waals surface area contributed by atoms with Crippen molar-refractivity contribution >= 4 is 17.4 Å². The quantitative estimate of drug-likeness (QED) is 0.707. The van der Waals surface area contributed by atoms with E-state index in [1.807, 2.05) is 0 Å². The lowest BCUT2D eigenvalue weighted by atomic mass is 10.1. The highest BCUT2D eigenvalue weighted by Gasteiger charge is 2.18. The van der Waals surface area contributed by atoms with Gasteiger partial charge >= 0.3 is 0 Å². The summed E-state index contributed by atoms with van der Waals surface area (Å²) in [6.07, 6.45) is 3.29. The number of benzene rings is 1. The summed E-state index contributed by atoms with van der Waals surface area (Å²) in [7, 11) is 0. The third-order valence-electron chi connectivity index (χ3n) is 3.86. The fraction of sp³-hybridized carbons (Fsp3) is 0.167. The number of carbonyl (C=O) groups excluding carboxylic acids is 2. The second kappa shape index (κ2) is 7.14. The molecule has 2 heterocycles. The van der Waals surface area contributed by atoms with Gasteiger partial charge in [-0.05, 0) is 50.2 Å². The van der Waals surface area contributed by atoms with Crippen LogP contribution in [0.1, 0.15) is 30.2 Å². The van der Waals surface area contributed by atoms with E-state index in [2.05, 4.69) is 15.5 Å². The summed E-state index contributed by atoms with van der Waals surface area (Å²) < 4.78 is 2.61. The summed E-state index contributed by atoms with van der Waals surface area (Å²) in [5.74, 6) is -0.0183. The van der Waals surface area contributed by atoms with Crippen molar-refractivity contribution in [1.29, 1.82) is 0 Å². The summed E-state index contributed by atoms with van der Waals surface area (Å²) in [5, 5.41) is 11.0. The minimum Gasteiger partial charge on any atom is -0.324 e. The van der Waals surface area contributed by atoms with Gasteiger partial charge in [0, 0.05) is 29.7 Å². The minimum atomic E-state index is -0.828. The smallest absolute Gasteiger partial charge is 0.267 e. The molecule has 1 atom stereocenters. The predicted molar refractivity (Wildman–Crippen MR) is 95.4 cm³/mol. The van der Waals surface area contributed by atoms with Crippen molar-refractivity contribution in [3.05, 3.63) is 70.8 Å². The molecule has 3 rings (SSSR count). The molecular weight excluding hydrogens is 334 g/mol. The van der Waals surface area contributed by atoms with Gasteiger partial charge in [0.15, 0.2) is 11.6 Å². The van der Waals surface area contributed by atoms with Gasteiger partial charge in [0.2, 0.25) is 5.91 Å². The number of anilines is 1. The summed E-state index contributed by atoms with van der Waals surface area (Å²) in [5.41, 5.74) is 0.694. The van der Waals surface area contributed by atoms with Gasteiger partial charge in [-0.1, -0.05) is 0 Å². The Morgan fingerprint density at radius 2 is 1.85 bits per heavy atom. The van der Waals surface area contributed by atoms with Gasteiger partial charge in [0.1, 0.15) is 6.04 Å². The maximum atomic E-state index is 12.5. The van der Waals surface area contributed by atoms with Crippen LogP contribution in [0.15, 0.2) is 59.7 Å². The van der Waals surface area contributed by atoms with Crippen LogP contribution in [0.5, 0.6) is 0 Å². The third-order valence-corrected chi connectivity index (χ3v) is 3.86. The largest absolute Gasteiger partial charge is 0.324 e. The molecule has 8 nitrogen and oxygen atoms in total. The van der Waals surface area contributed by atoms with Gasteiger partial charge in [-0.2, -0.15) is 5.10 Å². The Kier molecular flexibility index (Phi) is 4.74. The van der Waals surface area contributed by atoms with Gasteiger partial charge in [0.05, 0.1) is 0 Å². The number of Topliss-reactive ketones (excluding diaryl/α,β-unsaturated/α-hetero) is 1. The zero-order chi connectivity index (χ0) is 18.7. The van der Waals surface area contributed by atoms with Crippen LogP contribution >= 0.6 is 0 Å². The van der Waals surface area contributed by atoms with Gasteiger partial charge in [-0.15, -0.1) is 5.10 Å². The molecule has 1 aromatic carbocycles. The molecule has 0 aliphatic carbocycles. The molecule has 0 fully saturated rings. The number of carbonyl (C=O) groups is 2. The molecule has 26 heavy (non-hydrogen) atoms. The number of ketones is 1. The molecule has 0 aliphatic heterocycles. The monoisotopic (exact) mass is 351 g/mol. The molecule has 0 aliphatic rings. The number of nitrogens with one attached hydrogen (secondary N) is 1. The first kappa shape index (κ1) is 17.3. The first-order valence-corrected chi connectivity index (χ1v) is 7.97. The maximum Gasteiger partial charge on any atom is 0.267 e. The first-order chi connectivity index (χ1) is 12.5. The highest BCUT2D eigenvalue weighted by Crippen LogP contribution is 2.13. The Morgan fingerprint density at radius 1 is 1.12 bits per heavy atom. The normalized spacial score (nSPS) is 11.8. The lowest BCUT2D eigenvalue weighted by Gasteiger charge is -2.15. The molecule has 1 amide bonds. The predicted octanol–water partition coefficient (Wildman–Crippen LogP) is 1.83. The van der Waals surface area contributed by atoms with E-state index in [0.29, 0.717) is 17.1 Å². The molecule has 1 N–H and O–H groups in total. The molecule has 2 aromatic heterocycles. The van der Waals surface area contributed by atoms with E-state index in [-0.39, 0.29) is 5.78 Å². The molecule has 0 bridgehead atoms. The molecule has 8 heteroatoms. The molecule has 0 saturated heterocycles. The van der Waals surface area contributed by atoms with Crippen molar-refractivity contribution < 1.29 is 9.59 Å². The van der Waals surface area contributed by atoms with E-state index in [4.69, 9.17) is 0 Å². The van der Waals surface area contributed by atoms with E-state index in [0.717, 1.165) is 4.68 Å². The number of amides is 1. The summed E-state index contributed by atoms with van der Waals surface area (Å²) in [6.45, 7) is 3.06. The zero-order valence-electron chi connectivity index (χ0n) is 14.3. The van der Waals surface area contributed by atoms with Crippen molar-refractivity contribution in [2.75, 3.05) is 5.32 Å². The summed E-state index contributed by atoms with van der Waals surface area (Å²) in [6, 6.07) is 10.3. The second-order valence-electron chi connectivity index (χ2n) is 5.72. The maximum absolute atomic E-state index is 12.5. The van der Waals surface area contributed by atoms with E-state index in [1.54, 1.807) is 49.6 Å². The Morgan fingerprint density at radius 3 is 2.46 bits per heavy atom. The van der Waals surface area contributed by atoms with Crippen molar-refractivity contribution in [2.24, 2.45) is 0 Å². The zero-order valence-corrected chi connectivity index (χ0v) is 14.3. The molecule has 0 spiro atoms. The van der Waals surface area contributed by atoms with E-state index in [9.17, 15) is 14.4 Å². The fourth-order valence-corrected chi connectivity index (χ4v) is 2.37. The van der Waals surface area contributed by atoms with Gasteiger partial charge in [-0.3, -0.25) is 14.4 Å².